The summed E-state index contributed by atoms with van der Waals surface area (Å²) in [6.07, 6.45) is 0. The SMILES string of the molecule is O=C(CSc1nnc2n1CCN2c1ccccc1)Nc1ccc(Cl)c(Cl)c1. The van der Waals surface area contributed by atoms with Crippen molar-refractivity contribution in [2.24, 2.45) is 0 Å². The van der Waals surface area contributed by atoms with E-state index in [1.165, 1.54) is 11.8 Å². The maximum Gasteiger partial charge on any atom is 0.234 e. The predicted molar refractivity (Wildman–Crippen MR) is 109 cm³/mol. The molecule has 1 aliphatic heterocycles. The van der Waals surface area contributed by atoms with Gasteiger partial charge < -0.3 is 10.2 Å². The largest absolute Gasteiger partial charge is 0.325 e. The highest BCUT2D eigenvalue weighted by Crippen LogP contribution is 2.32. The van der Waals surface area contributed by atoms with Gasteiger partial charge in [0.1, 0.15) is 0 Å². The Morgan fingerprint density at radius 1 is 1.07 bits per heavy atom. The fourth-order valence-corrected chi connectivity index (χ4v) is 3.89. The zero-order valence-corrected chi connectivity index (χ0v) is 16.4. The predicted octanol–water partition coefficient (Wildman–Crippen LogP) is 4.47. The van der Waals surface area contributed by atoms with Crippen LogP contribution in [0, 0.1) is 0 Å². The van der Waals surface area contributed by atoms with Crippen LogP contribution in [0.15, 0.2) is 53.7 Å². The number of rotatable bonds is 5. The molecule has 1 N–H and O–H groups in total. The van der Waals surface area contributed by atoms with Gasteiger partial charge in [0, 0.05) is 24.5 Å². The first-order chi connectivity index (χ1) is 13.1. The second-order valence-corrected chi connectivity index (χ2v) is 7.64. The molecule has 0 saturated heterocycles. The lowest BCUT2D eigenvalue weighted by Gasteiger charge is -2.14. The molecule has 138 valence electrons. The molecule has 27 heavy (non-hydrogen) atoms. The monoisotopic (exact) mass is 419 g/mol. The van der Waals surface area contributed by atoms with Crippen molar-refractivity contribution in [1.82, 2.24) is 14.8 Å². The van der Waals surface area contributed by atoms with E-state index in [9.17, 15) is 4.79 Å². The third kappa shape index (κ3) is 3.90. The molecule has 0 aliphatic carbocycles. The van der Waals surface area contributed by atoms with Crippen molar-refractivity contribution in [3.05, 3.63) is 58.6 Å². The summed E-state index contributed by atoms with van der Waals surface area (Å²) < 4.78 is 2.03. The number of benzene rings is 2. The van der Waals surface area contributed by atoms with Crippen LogP contribution in [0.2, 0.25) is 10.0 Å². The molecule has 0 atom stereocenters. The smallest absolute Gasteiger partial charge is 0.234 e. The molecular weight excluding hydrogens is 405 g/mol. The van der Waals surface area contributed by atoms with E-state index in [2.05, 4.69) is 20.4 Å². The van der Waals surface area contributed by atoms with Gasteiger partial charge in [-0.05, 0) is 30.3 Å². The molecule has 0 unspecified atom stereocenters. The van der Waals surface area contributed by atoms with E-state index in [-0.39, 0.29) is 11.7 Å². The minimum absolute atomic E-state index is 0.145. The Kier molecular flexibility index (Phi) is 5.24. The first kappa shape index (κ1) is 18.2. The van der Waals surface area contributed by atoms with E-state index in [1.807, 2.05) is 34.9 Å². The van der Waals surface area contributed by atoms with Crippen LogP contribution in [0.25, 0.3) is 0 Å². The van der Waals surface area contributed by atoms with Crippen LogP contribution in [0.3, 0.4) is 0 Å². The number of nitrogens with one attached hydrogen (secondary N) is 1. The van der Waals surface area contributed by atoms with Gasteiger partial charge in [0.05, 0.1) is 15.8 Å². The number of nitrogens with zero attached hydrogens (tertiary/aromatic N) is 4. The Bertz CT molecular complexity index is 979. The van der Waals surface area contributed by atoms with Gasteiger partial charge in [0.2, 0.25) is 11.9 Å². The summed E-state index contributed by atoms with van der Waals surface area (Å²) in [5.74, 6) is 0.881. The summed E-state index contributed by atoms with van der Waals surface area (Å²) in [6.45, 7) is 1.62. The van der Waals surface area contributed by atoms with E-state index in [4.69, 9.17) is 23.2 Å². The van der Waals surface area contributed by atoms with Crippen LogP contribution in [-0.2, 0) is 11.3 Å². The summed E-state index contributed by atoms with van der Waals surface area (Å²) >= 11 is 13.2. The summed E-state index contributed by atoms with van der Waals surface area (Å²) in [5.41, 5.74) is 1.69. The summed E-state index contributed by atoms with van der Waals surface area (Å²) in [6, 6.07) is 15.1. The Morgan fingerprint density at radius 3 is 2.67 bits per heavy atom. The standard InChI is InChI=1S/C18H15Cl2N5OS/c19-14-7-6-12(10-15(14)20)21-16(26)11-27-18-23-22-17-24(8-9-25(17)18)13-4-2-1-3-5-13/h1-7,10H,8-9,11H2,(H,21,26). The van der Waals surface area contributed by atoms with Crippen molar-refractivity contribution in [1.29, 1.82) is 0 Å². The minimum atomic E-state index is -0.145. The third-order valence-corrected chi connectivity index (χ3v) is 5.80. The average Bonchev–Trinajstić information content (AvgIpc) is 3.26. The van der Waals surface area contributed by atoms with Crippen molar-refractivity contribution in [3.8, 4) is 0 Å². The highest BCUT2D eigenvalue weighted by atomic mass is 35.5. The number of thioether (sulfide) groups is 1. The molecule has 0 saturated carbocycles. The second-order valence-electron chi connectivity index (χ2n) is 5.89. The van der Waals surface area contributed by atoms with Crippen LogP contribution < -0.4 is 10.2 Å². The Balaban J connectivity index is 1.40. The maximum absolute atomic E-state index is 12.2. The van der Waals surface area contributed by atoms with Crippen molar-refractivity contribution < 1.29 is 4.79 Å². The van der Waals surface area contributed by atoms with E-state index in [1.54, 1.807) is 18.2 Å². The number of para-hydroxylation sites is 1. The van der Waals surface area contributed by atoms with Crippen molar-refractivity contribution in [3.63, 3.8) is 0 Å². The molecule has 2 aromatic carbocycles. The molecule has 1 amide bonds. The number of fused-ring (bicyclic) bond motifs is 1. The number of halogens is 2. The first-order valence-corrected chi connectivity index (χ1v) is 9.99. The van der Waals surface area contributed by atoms with Gasteiger partial charge >= 0.3 is 0 Å². The normalized spacial score (nSPS) is 12.9. The number of carbonyl (C=O) groups excluding carboxylic acids is 1. The van der Waals surface area contributed by atoms with Crippen molar-refractivity contribution in [2.75, 3.05) is 22.5 Å². The number of amides is 1. The fourth-order valence-electron chi connectivity index (χ4n) is 2.84. The van der Waals surface area contributed by atoms with Crippen LogP contribution in [0.4, 0.5) is 17.3 Å². The van der Waals surface area contributed by atoms with Gasteiger partial charge in [-0.15, -0.1) is 10.2 Å². The van der Waals surface area contributed by atoms with Gasteiger partial charge in [0.15, 0.2) is 5.16 Å². The van der Waals surface area contributed by atoms with Crippen molar-refractivity contribution in [2.45, 2.75) is 11.7 Å². The summed E-state index contributed by atoms with van der Waals surface area (Å²) in [4.78, 5) is 14.3. The summed E-state index contributed by atoms with van der Waals surface area (Å²) in [7, 11) is 0. The number of hydrogen-bond donors (Lipinski definition) is 1. The Labute approximate surface area is 170 Å². The molecule has 2 heterocycles. The zero-order chi connectivity index (χ0) is 18.8. The molecular formula is C18H15Cl2N5OS. The number of hydrogen-bond acceptors (Lipinski definition) is 5. The first-order valence-electron chi connectivity index (χ1n) is 8.25. The number of anilines is 3. The van der Waals surface area contributed by atoms with Crippen LogP contribution in [0.1, 0.15) is 0 Å². The molecule has 4 rings (SSSR count). The molecule has 6 nitrogen and oxygen atoms in total. The van der Waals surface area contributed by atoms with Crippen LogP contribution >= 0.6 is 35.0 Å². The second kappa shape index (κ2) is 7.80. The molecule has 0 bridgehead atoms. The Morgan fingerprint density at radius 2 is 1.89 bits per heavy atom. The van der Waals surface area contributed by atoms with Gasteiger partial charge in [-0.25, -0.2) is 0 Å². The average molecular weight is 420 g/mol. The molecule has 1 aromatic heterocycles. The fraction of sp³-hybridized carbons (Fsp3) is 0.167. The zero-order valence-electron chi connectivity index (χ0n) is 14.1. The molecule has 0 radical (unpaired) electrons. The van der Waals surface area contributed by atoms with E-state index < -0.39 is 0 Å². The van der Waals surface area contributed by atoms with E-state index >= 15 is 0 Å². The number of carbonyl (C=O) groups is 1. The van der Waals surface area contributed by atoms with Gasteiger partial charge in [-0.3, -0.25) is 9.36 Å². The molecule has 3 aromatic rings. The van der Waals surface area contributed by atoms with E-state index in [0.29, 0.717) is 15.7 Å². The lowest BCUT2D eigenvalue weighted by molar-refractivity contribution is -0.113. The quantitative estimate of drug-likeness (QED) is 0.618. The van der Waals surface area contributed by atoms with Crippen LogP contribution in [-0.4, -0.2) is 33.0 Å². The maximum atomic E-state index is 12.2. The topological polar surface area (TPSA) is 63.1 Å². The highest BCUT2D eigenvalue weighted by Gasteiger charge is 2.26. The lowest BCUT2D eigenvalue weighted by Crippen LogP contribution is -2.14. The van der Waals surface area contributed by atoms with Crippen LogP contribution in [0.5, 0.6) is 0 Å². The lowest BCUT2D eigenvalue weighted by atomic mass is 10.3. The van der Waals surface area contributed by atoms with E-state index in [0.717, 1.165) is 29.9 Å². The highest BCUT2D eigenvalue weighted by molar-refractivity contribution is 7.99. The van der Waals surface area contributed by atoms with Crippen molar-refractivity contribution >= 4 is 58.2 Å². The van der Waals surface area contributed by atoms with Gasteiger partial charge in [0.25, 0.3) is 0 Å². The molecule has 0 fully saturated rings. The third-order valence-electron chi connectivity index (χ3n) is 4.09. The van der Waals surface area contributed by atoms with Gasteiger partial charge in [-0.2, -0.15) is 0 Å². The molecule has 1 aliphatic rings. The molecule has 0 spiro atoms. The van der Waals surface area contributed by atoms with Gasteiger partial charge in [-0.1, -0.05) is 53.2 Å². The minimum Gasteiger partial charge on any atom is -0.325 e. The molecule has 9 heteroatoms. The summed E-state index contributed by atoms with van der Waals surface area (Å²) in [5, 5.41) is 12.9. The number of aromatic nitrogens is 3. The Hall–Kier alpha value is -2.22.